The first-order chi connectivity index (χ1) is 9.08. The summed E-state index contributed by atoms with van der Waals surface area (Å²) in [4.78, 5) is 18.5. The summed E-state index contributed by atoms with van der Waals surface area (Å²) in [7, 11) is 0. The average Bonchev–Trinajstić information content (AvgIpc) is 2.39. The summed E-state index contributed by atoms with van der Waals surface area (Å²) in [5, 5.41) is 11.9. The van der Waals surface area contributed by atoms with Gasteiger partial charge < -0.3 is 10.4 Å². The summed E-state index contributed by atoms with van der Waals surface area (Å²) in [6.45, 7) is 4.07. The van der Waals surface area contributed by atoms with Gasteiger partial charge in [0.25, 0.3) is 0 Å². The highest BCUT2D eigenvalue weighted by molar-refractivity contribution is 5.84. The molecule has 0 amide bonds. The lowest BCUT2D eigenvalue weighted by atomic mass is 10.0. The van der Waals surface area contributed by atoms with Crippen molar-refractivity contribution in [3.63, 3.8) is 0 Å². The van der Waals surface area contributed by atoms with Crippen LogP contribution in [0.25, 0.3) is 0 Å². The molecule has 2 aromatic rings. The topological polar surface area (TPSA) is 75.1 Å². The molecule has 0 radical (unpaired) electrons. The van der Waals surface area contributed by atoms with Crippen LogP contribution in [0.4, 0.5) is 5.82 Å². The van der Waals surface area contributed by atoms with Gasteiger partial charge in [-0.1, -0.05) is 24.3 Å². The number of hydrogen-bond donors (Lipinski definition) is 2. The van der Waals surface area contributed by atoms with E-state index in [-0.39, 0.29) is 11.7 Å². The third-order valence-corrected chi connectivity index (χ3v) is 2.89. The van der Waals surface area contributed by atoms with Gasteiger partial charge in [0.05, 0.1) is 18.4 Å². The molecule has 0 fully saturated rings. The van der Waals surface area contributed by atoms with Crippen molar-refractivity contribution in [3.05, 3.63) is 53.5 Å². The Hall–Kier alpha value is -2.43. The number of aromatic nitrogens is 2. The zero-order valence-electron chi connectivity index (χ0n) is 10.8. The van der Waals surface area contributed by atoms with E-state index in [1.165, 1.54) is 23.5 Å². The van der Waals surface area contributed by atoms with Crippen LogP contribution in [0.5, 0.6) is 0 Å². The van der Waals surface area contributed by atoms with E-state index in [4.69, 9.17) is 5.11 Å². The molecule has 1 unspecified atom stereocenters. The first-order valence-corrected chi connectivity index (χ1v) is 5.95. The number of rotatable bonds is 4. The number of aryl methyl sites for hydroxylation is 1. The molecule has 2 N–H and O–H groups in total. The smallest absolute Gasteiger partial charge is 0.356 e. The van der Waals surface area contributed by atoms with Gasteiger partial charge in [0.15, 0.2) is 5.69 Å². The molecule has 1 atom stereocenters. The first kappa shape index (κ1) is 13.0. The summed E-state index contributed by atoms with van der Waals surface area (Å²) in [5.41, 5.74) is 2.30. The fourth-order valence-electron chi connectivity index (χ4n) is 1.89. The van der Waals surface area contributed by atoms with Crippen LogP contribution < -0.4 is 5.32 Å². The summed E-state index contributed by atoms with van der Waals surface area (Å²) < 4.78 is 0. The van der Waals surface area contributed by atoms with Crippen molar-refractivity contribution in [2.45, 2.75) is 19.9 Å². The number of carboxylic acids is 1. The Labute approximate surface area is 111 Å². The number of hydrogen-bond acceptors (Lipinski definition) is 4. The zero-order valence-corrected chi connectivity index (χ0v) is 10.8. The molecule has 0 aliphatic carbocycles. The van der Waals surface area contributed by atoms with Gasteiger partial charge in [0, 0.05) is 0 Å². The normalized spacial score (nSPS) is 11.9. The fraction of sp³-hybridized carbons (Fsp3) is 0.214. The molecule has 1 aromatic heterocycles. The molecule has 0 saturated heterocycles. The summed E-state index contributed by atoms with van der Waals surface area (Å²) in [6.07, 6.45) is 2.67. The highest BCUT2D eigenvalue weighted by Gasteiger charge is 2.09. The zero-order chi connectivity index (χ0) is 13.8. The predicted octanol–water partition coefficient (Wildman–Crippen LogP) is 2.66. The minimum absolute atomic E-state index is 0.0610. The van der Waals surface area contributed by atoms with Gasteiger partial charge in [-0.15, -0.1) is 0 Å². The second-order valence-corrected chi connectivity index (χ2v) is 4.31. The minimum Gasteiger partial charge on any atom is -0.476 e. The molecule has 0 aliphatic heterocycles. The molecule has 19 heavy (non-hydrogen) atoms. The van der Waals surface area contributed by atoms with Crippen LogP contribution >= 0.6 is 0 Å². The molecule has 2 rings (SSSR count). The van der Waals surface area contributed by atoms with Crippen LogP contribution in [0, 0.1) is 6.92 Å². The third-order valence-electron chi connectivity index (χ3n) is 2.89. The van der Waals surface area contributed by atoms with Crippen molar-refractivity contribution >= 4 is 11.8 Å². The van der Waals surface area contributed by atoms with E-state index in [9.17, 15) is 4.79 Å². The second-order valence-electron chi connectivity index (χ2n) is 4.31. The van der Waals surface area contributed by atoms with E-state index < -0.39 is 5.97 Å². The quantitative estimate of drug-likeness (QED) is 0.880. The van der Waals surface area contributed by atoms with Crippen molar-refractivity contribution in [1.82, 2.24) is 9.97 Å². The molecular weight excluding hydrogens is 242 g/mol. The largest absolute Gasteiger partial charge is 0.476 e. The molecule has 0 spiro atoms. The van der Waals surface area contributed by atoms with Crippen molar-refractivity contribution in [2.75, 3.05) is 5.32 Å². The van der Waals surface area contributed by atoms with Crippen LogP contribution in [-0.2, 0) is 0 Å². The first-order valence-electron chi connectivity index (χ1n) is 5.95. The van der Waals surface area contributed by atoms with Crippen LogP contribution in [0.1, 0.15) is 34.6 Å². The summed E-state index contributed by atoms with van der Waals surface area (Å²) in [5.74, 6) is -0.522. The Kier molecular flexibility index (Phi) is 3.75. The lowest BCUT2D eigenvalue weighted by molar-refractivity contribution is 0.0690. The van der Waals surface area contributed by atoms with E-state index in [2.05, 4.69) is 15.3 Å². The van der Waals surface area contributed by atoms with Crippen LogP contribution in [0.15, 0.2) is 36.7 Å². The Morgan fingerprint density at radius 3 is 2.58 bits per heavy atom. The molecule has 5 nitrogen and oxygen atoms in total. The number of aromatic carboxylic acids is 1. The van der Waals surface area contributed by atoms with E-state index in [1.807, 2.05) is 38.1 Å². The third kappa shape index (κ3) is 3.07. The average molecular weight is 257 g/mol. The number of benzene rings is 1. The maximum atomic E-state index is 10.7. The van der Waals surface area contributed by atoms with Gasteiger partial charge in [0.1, 0.15) is 5.82 Å². The fourth-order valence-corrected chi connectivity index (χ4v) is 1.89. The highest BCUT2D eigenvalue weighted by Crippen LogP contribution is 2.20. The van der Waals surface area contributed by atoms with Crippen molar-refractivity contribution in [1.29, 1.82) is 0 Å². The van der Waals surface area contributed by atoms with Gasteiger partial charge >= 0.3 is 5.97 Å². The van der Waals surface area contributed by atoms with Gasteiger partial charge in [-0.3, -0.25) is 0 Å². The molecule has 5 heteroatoms. The standard InChI is InChI=1S/C14H15N3O2/c1-9-5-3-4-6-11(9)10(2)17-13-8-15-12(7-16-13)14(18)19/h3-8,10H,1-2H3,(H,16,17)(H,18,19). The van der Waals surface area contributed by atoms with Crippen LogP contribution in [-0.4, -0.2) is 21.0 Å². The summed E-state index contributed by atoms with van der Waals surface area (Å²) in [6, 6.07) is 8.15. The SMILES string of the molecule is Cc1ccccc1C(C)Nc1cnc(C(=O)O)cn1. The molecular formula is C14H15N3O2. The Morgan fingerprint density at radius 1 is 1.26 bits per heavy atom. The number of nitrogens with one attached hydrogen (secondary N) is 1. The summed E-state index contributed by atoms with van der Waals surface area (Å²) >= 11 is 0. The number of carbonyl (C=O) groups is 1. The minimum atomic E-state index is -1.08. The Bertz CT molecular complexity index is 581. The second kappa shape index (κ2) is 5.48. The highest BCUT2D eigenvalue weighted by atomic mass is 16.4. The molecule has 98 valence electrons. The van der Waals surface area contributed by atoms with E-state index >= 15 is 0 Å². The van der Waals surface area contributed by atoms with E-state index in [0.29, 0.717) is 5.82 Å². The monoisotopic (exact) mass is 257 g/mol. The lowest BCUT2D eigenvalue weighted by Gasteiger charge is -2.16. The van der Waals surface area contributed by atoms with Gasteiger partial charge in [-0.25, -0.2) is 14.8 Å². The van der Waals surface area contributed by atoms with E-state index in [1.54, 1.807) is 0 Å². The molecule has 1 aromatic carbocycles. The number of carboxylic acid groups (broad SMARTS) is 1. The lowest BCUT2D eigenvalue weighted by Crippen LogP contribution is -2.10. The van der Waals surface area contributed by atoms with Gasteiger partial charge in [-0.05, 0) is 25.0 Å². The van der Waals surface area contributed by atoms with Crippen LogP contribution in [0.3, 0.4) is 0 Å². The number of nitrogens with zero attached hydrogens (tertiary/aromatic N) is 2. The van der Waals surface area contributed by atoms with Crippen molar-refractivity contribution in [2.24, 2.45) is 0 Å². The molecule has 0 saturated carbocycles. The maximum Gasteiger partial charge on any atom is 0.356 e. The predicted molar refractivity (Wildman–Crippen MR) is 72.2 cm³/mol. The van der Waals surface area contributed by atoms with Gasteiger partial charge in [-0.2, -0.15) is 0 Å². The van der Waals surface area contributed by atoms with E-state index in [0.717, 1.165) is 0 Å². The van der Waals surface area contributed by atoms with Crippen molar-refractivity contribution < 1.29 is 9.90 Å². The van der Waals surface area contributed by atoms with Crippen LogP contribution in [0.2, 0.25) is 0 Å². The Balaban J connectivity index is 2.13. The maximum absolute atomic E-state index is 10.7. The molecule has 1 heterocycles. The van der Waals surface area contributed by atoms with Crippen molar-refractivity contribution in [3.8, 4) is 0 Å². The molecule has 0 bridgehead atoms. The van der Waals surface area contributed by atoms with Gasteiger partial charge in [0.2, 0.25) is 0 Å². The molecule has 0 aliphatic rings. The number of anilines is 1. The Morgan fingerprint density at radius 2 is 2.00 bits per heavy atom.